The Morgan fingerprint density at radius 2 is 1.64 bits per heavy atom. The van der Waals surface area contributed by atoms with E-state index < -0.39 is 7.60 Å². The normalized spacial score (nSPS) is 11.3. The maximum atomic E-state index is 11.6. The Balaban J connectivity index is 1.89. The number of amides is 1. The first-order chi connectivity index (χ1) is 11.8. The standard InChI is InChI=1S/C18H22NO5P/c1-15(20)19(12-5-13-25(21,22)23)24-14-16-8-10-18(11-9-16)17-6-3-2-4-7-17/h2-4,6-11H,5,12-14H2,1H3,(H2,21,22,23). The molecule has 0 heterocycles. The molecule has 0 bridgehead atoms. The summed E-state index contributed by atoms with van der Waals surface area (Å²) < 4.78 is 10.9. The highest BCUT2D eigenvalue weighted by Gasteiger charge is 2.15. The van der Waals surface area contributed by atoms with Gasteiger partial charge in [0.2, 0.25) is 5.91 Å². The molecular formula is C18H22NO5P. The number of rotatable bonds is 8. The van der Waals surface area contributed by atoms with Gasteiger partial charge in [0, 0.05) is 13.5 Å². The van der Waals surface area contributed by atoms with E-state index in [0.29, 0.717) is 0 Å². The van der Waals surface area contributed by atoms with Crippen LogP contribution in [0.4, 0.5) is 0 Å². The molecule has 0 spiro atoms. The molecule has 0 aliphatic heterocycles. The minimum absolute atomic E-state index is 0.141. The summed E-state index contributed by atoms with van der Waals surface area (Å²) in [5.74, 6) is -0.299. The number of hydroxylamine groups is 2. The fourth-order valence-corrected chi connectivity index (χ4v) is 2.86. The van der Waals surface area contributed by atoms with Crippen LogP contribution >= 0.6 is 7.60 Å². The molecule has 0 atom stereocenters. The summed E-state index contributed by atoms with van der Waals surface area (Å²) in [5, 5.41) is 1.14. The van der Waals surface area contributed by atoms with Gasteiger partial charge in [0.05, 0.1) is 6.16 Å². The minimum atomic E-state index is -4.06. The lowest BCUT2D eigenvalue weighted by Crippen LogP contribution is -2.30. The van der Waals surface area contributed by atoms with Gasteiger partial charge in [-0.05, 0) is 23.1 Å². The molecule has 2 rings (SSSR count). The third-order valence-corrected chi connectivity index (χ3v) is 4.51. The lowest BCUT2D eigenvalue weighted by Gasteiger charge is -2.20. The van der Waals surface area contributed by atoms with Gasteiger partial charge in [0.1, 0.15) is 6.61 Å². The highest BCUT2D eigenvalue weighted by Crippen LogP contribution is 2.34. The maximum Gasteiger partial charge on any atom is 0.325 e. The summed E-state index contributed by atoms with van der Waals surface area (Å²) in [6.07, 6.45) is -0.0945. The lowest BCUT2D eigenvalue weighted by molar-refractivity contribution is -0.189. The largest absolute Gasteiger partial charge is 0.325 e. The zero-order chi connectivity index (χ0) is 18.3. The van der Waals surface area contributed by atoms with Crippen molar-refractivity contribution in [3.8, 4) is 11.1 Å². The van der Waals surface area contributed by atoms with Gasteiger partial charge in [0.25, 0.3) is 0 Å². The summed E-state index contributed by atoms with van der Waals surface area (Å²) in [6.45, 7) is 1.71. The molecule has 7 heteroatoms. The van der Waals surface area contributed by atoms with Crippen molar-refractivity contribution in [2.24, 2.45) is 0 Å². The van der Waals surface area contributed by atoms with Crippen molar-refractivity contribution >= 4 is 13.5 Å². The summed E-state index contributed by atoms with van der Waals surface area (Å²) >= 11 is 0. The first-order valence-electron chi connectivity index (χ1n) is 7.95. The van der Waals surface area contributed by atoms with Crippen molar-refractivity contribution in [1.29, 1.82) is 0 Å². The van der Waals surface area contributed by atoms with Crippen LogP contribution in [0.2, 0.25) is 0 Å². The zero-order valence-electron chi connectivity index (χ0n) is 14.0. The summed E-state index contributed by atoms with van der Waals surface area (Å²) in [6, 6.07) is 17.8. The molecule has 0 saturated heterocycles. The van der Waals surface area contributed by atoms with Crippen molar-refractivity contribution in [2.45, 2.75) is 20.0 Å². The average molecular weight is 363 g/mol. The molecule has 0 aliphatic carbocycles. The van der Waals surface area contributed by atoms with Crippen molar-refractivity contribution in [2.75, 3.05) is 12.7 Å². The van der Waals surface area contributed by atoms with E-state index in [2.05, 4.69) is 0 Å². The van der Waals surface area contributed by atoms with Gasteiger partial charge in [-0.3, -0.25) is 14.2 Å². The van der Waals surface area contributed by atoms with E-state index in [0.717, 1.165) is 21.8 Å². The van der Waals surface area contributed by atoms with E-state index in [-0.39, 0.29) is 31.6 Å². The minimum Gasteiger partial charge on any atom is -0.324 e. The number of carbonyl (C=O) groups excluding carboxylic acids is 1. The molecule has 0 fully saturated rings. The van der Waals surface area contributed by atoms with Crippen molar-refractivity contribution in [3.63, 3.8) is 0 Å². The smallest absolute Gasteiger partial charge is 0.324 e. The molecule has 2 aromatic rings. The Bertz CT molecular complexity index is 727. The van der Waals surface area contributed by atoms with Gasteiger partial charge >= 0.3 is 7.60 Å². The zero-order valence-corrected chi connectivity index (χ0v) is 14.9. The van der Waals surface area contributed by atoms with Gasteiger partial charge in [-0.1, -0.05) is 54.6 Å². The van der Waals surface area contributed by atoms with E-state index in [9.17, 15) is 9.36 Å². The Labute approximate surface area is 147 Å². The van der Waals surface area contributed by atoms with Crippen LogP contribution in [0.25, 0.3) is 11.1 Å². The van der Waals surface area contributed by atoms with E-state index in [1.165, 1.54) is 6.92 Å². The van der Waals surface area contributed by atoms with Crippen molar-refractivity contribution in [1.82, 2.24) is 5.06 Å². The van der Waals surface area contributed by atoms with Crippen LogP contribution in [-0.2, 0) is 20.8 Å². The second-order valence-corrected chi connectivity index (χ2v) is 7.48. The molecule has 25 heavy (non-hydrogen) atoms. The Hall–Kier alpha value is -1.98. The molecule has 0 radical (unpaired) electrons. The van der Waals surface area contributed by atoms with E-state index >= 15 is 0 Å². The Morgan fingerprint density at radius 1 is 1.04 bits per heavy atom. The van der Waals surface area contributed by atoms with Crippen LogP contribution in [0.3, 0.4) is 0 Å². The first kappa shape index (κ1) is 19.3. The molecule has 2 N–H and O–H groups in total. The average Bonchev–Trinajstić information content (AvgIpc) is 2.58. The van der Waals surface area contributed by atoms with Gasteiger partial charge in [-0.25, -0.2) is 5.06 Å². The quantitative estimate of drug-likeness (QED) is 0.556. The topological polar surface area (TPSA) is 87.1 Å². The summed E-state index contributed by atoms with van der Waals surface area (Å²) in [7, 11) is -4.06. The summed E-state index contributed by atoms with van der Waals surface area (Å²) in [5.41, 5.74) is 3.12. The number of carbonyl (C=O) groups is 1. The Morgan fingerprint density at radius 3 is 2.20 bits per heavy atom. The van der Waals surface area contributed by atoms with Crippen LogP contribution in [0, 0.1) is 0 Å². The fraction of sp³-hybridized carbons (Fsp3) is 0.278. The fourth-order valence-electron chi connectivity index (χ4n) is 2.31. The van der Waals surface area contributed by atoms with E-state index in [1.807, 2.05) is 54.6 Å². The Kier molecular flexibility index (Phi) is 6.91. The van der Waals surface area contributed by atoms with Crippen LogP contribution in [0.15, 0.2) is 54.6 Å². The van der Waals surface area contributed by atoms with Crippen molar-refractivity contribution in [3.05, 3.63) is 60.2 Å². The SMILES string of the molecule is CC(=O)N(CCCP(=O)(O)O)OCc1ccc(-c2ccccc2)cc1. The third-order valence-electron chi connectivity index (χ3n) is 3.61. The van der Waals surface area contributed by atoms with Gasteiger partial charge < -0.3 is 9.79 Å². The van der Waals surface area contributed by atoms with Gasteiger partial charge in [0.15, 0.2) is 0 Å². The van der Waals surface area contributed by atoms with Gasteiger partial charge in [-0.2, -0.15) is 0 Å². The molecule has 0 aliphatic rings. The highest BCUT2D eigenvalue weighted by molar-refractivity contribution is 7.51. The predicted octanol–water partition coefficient (Wildman–Crippen LogP) is 3.20. The molecule has 134 valence electrons. The van der Waals surface area contributed by atoms with Crippen LogP contribution in [-0.4, -0.2) is 33.5 Å². The molecule has 6 nitrogen and oxygen atoms in total. The molecule has 0 aromatic heterocycles. The van der Waals surface area contributed by atoms with Gasteiger partial charge in [-0.15, -0.1) is 0 Å². The van der Waals surface area contributed by atoms with Crippen LogP contribution in [0.5, 0.6) is 0 Å². The second kappa shape index (κ2) is 8.92. The van der Waals surface area contributed by atoms with Crippen LogP contribution < -0.4 is 0 Å². The number of hydrogen-bond donors (Lipinski definition) is 2. The molecule has 1 amide bonds. The second-order valence-electron chi connectivity index (χ2n) is 5.70. The molecule has 0 saturated carbocycles. The van der Waals surface area contributed by atoms with Crippen LogP contribution in [0.1, 0.15) is 18.9 Å². The van der Waals surface area contributed by atoms with E-state index in [1.54, 1.807) is 0 Å². The monoisotopic (exact) mass is 363 g/mol. The predicted molar refractivity (Wildman–Crippen MR) is 95.6 cm³/mol. The molecule has 0 unspecified atom stereocenters. The number of benzene rings is 2. The summed E-state index contributed by atoms with van der Waals surface area (Å²) in [4.78, 5) is 34.8. The number of nitrogens with zero attached hydrogens (tertiary/aromatic N) is 1. The molecular weight excluding hydrogens is 341 g/mol. The number of hydrogen-bond acceptors (Lipinski definition) is 3. The first-order valence-corrected chi connectivity index (χ1v) is 9.75. The third kappa shape index (κ3) is 6.80. The van der Waals surface area contributed by atoms with E-state index in [4.69, 9.17) is 14.6 Å². The maximum absolute atomic E-state index is 11.6. The van der Waals surface area contributed by atoms with Crippen molar-refractivity contribution < 1.29 is 24.0 Å². The lowest BCUT2D eigenvalue weighted by atomic mass is 10.0. The highest BCUT2D eigenvalue weighted by atomic mass is 31.2. The molecule has 2 aromatic carbocycles.